The van der Waals surface area contributed by atoms with E-state index in [-0.39, 0.29) is 18.0 Å². The van der Waals surface area contributed by atoms with Gasteiger partial charge in [0, 0.05) is 61.8 Å². The number of pyridine rings is 1. The molecule has 1 fully saturated rings. The molecule has 0 bridgehead atoms. The third kappa shape index (κ3) is 4.77. The van der Waals surface area contributed by atoms with Gasteiger partial charge in [0.15, 0.2) is 23.1 Å². The number of likely N-dealkylation sites (N-methyl/N-ethyl adjacent to an activating group) is 1. The number of anilines is 2. The van der Waals surface area contributed by atoms with Crippen LogP contribution in [-0.4, -0.2) is 61.2 Å². The number of methoxy groups -OCH3 is 2. The van der Waals surface area contributed by atoms with E-state index < -0.39 is 28.6 Å². The molecule has 2 aliphatic rings. The van der Waals surface area contributed by atoms with Gasteiger partial charge in [0.2, 0.25) is 5.91 Å². The van der Waals surface area contributed by atoms with Gasteiger partial charge in [0.05, 0.1) is 26.2 Å². The maximum absolute atomic E-state index is 15.4. The molecule has 0 radical (unpaired) electrons. The highest BCUT2D eigenvalue weighted by molar-refractivity contribution is 6.05. The lowest BCUT2D eigenvalue weighted by atomic mass is 9.76. The first-order valence-electron chi connectivity index (χ1n) is 14.5. The highest BCUT2D eigenvalue weighted by atomic mass is 19.1. The molecule has 4 aromatic rings. The largest absolute Gasteiger partial charge is 0.493 e. The van der Waals surface area contributed by atoms with Crippen LogP contribution in [0.2, 0.25) is 0 Å². The number of nitrogens with one attached hydrogen (secondary N) is 1. The van der Waals surface area contributed by atoms with Crippen molar-refractivity contribution in [1.82, 2.24) is 14.9 Å². The summed E-state index contributed by atoms with van der Waals surface area (Å²) in [6.07, 6.45) is 2.76. The number of amides is 1. The first kappa shape index (κ1) is 28.9. The van der Waals surface area contributed by atoms with Crippen LogP contribution in [0.15, 0.2) is 42.6 Å². The van der Waals surface area contributed by atoms with Crippen LogP contribution >= 0.6 is 0 Å². The molecule has 0 saturated carbocycles. The van der Waals surface area contributed by atoms with Crippen molar-refractivity contribution in [1.29, 1.82) is 0 Å². The fourth-order valence-electron chi connectivity index (χ4n) is 6.76. The summed E-state index contributed by atoms with van der Waals surface area (Å²) in [5.41, 5.74) is 4.18. The molecule has 2 aromatic heterocycles. The predicted molar refractivity (Wildman–Crippen MR) is 163 cm³/mol. The number of rotatable bonds is 7. The smallest absolute Gasteiger partial charge is 0.237 e. The third-order valence-electron chi connectivity index (χ3n) is 9.03. The average Bonchev–Trinajstić information content (AvgIpc) is 3.62. The Morgan fingerprint density at radius 3 is 2.49 bits per heavy atom. The van der Waals surface area contributed by atoms with Crippen LogP contribution < -0.4 is 19.3 Å². The van der Waals surface area contributed by atoms with Crippen molar-refractivity contribution in [3.8, 4) is 11.5 Å². The monoisotopic (exact) mass is 589 g/mol. The highest BCUT2D eigenvalue weighted by Gasteiger charge is 2.44. The number of fused-ring (bicyclic) bond motifs is 3. The average molecular weight is 590 g/mol. The molecule has 10 heteroatoms. The summed E-state index contributed by atoms with van der Waals surface area (Å²) in [4.78, 5) is 28.0. The maximum Gasteiger partial charge on any atom is 0.237 e. The summed E-state index contributed by atoms with van der Waals surface area (Å²) >= 11 is 0. The van der Waals surface area contributed by atoms with Crippen molar-refractivity contribution < 1.29 is 23.0 Å². The summed E-state index contributed by atoms with van der Waals surface area (Å²) < 4.78 is 41.1. The Bertz CT molecular complexity index is 1690. The number of hydrogen-bond acceptors (Lipinski definition) is 6. The second kappa shape index (κ2) is 10.8. The number of carbonyl (C=O) groups excluding carboxylic acids is 1. The van der Waals surface area contributed by atoms with E-state index in [1.165, 1.54) is 25.5 Å². The molecule has 2 aromatic carbocycles. The van der Waals surface area contributed by atoms with Crippen LogP contribution in [0.1, 0.15) is 42.7 Å². The molecule has 2 aliphatic heterocycles. The molecule has 1 saturated heterocycles. The van der Waals surface area contributed by atoms with Gasteiger partial charge in [0.1, 0.15) is 11.3 Å². The zero-order chi connectivity index (χ0) is 30.6. The lowest BCUT2D eigenvalue weighted by Crippen LogP contribution is -2.48. The molecule has 226 valence electrons. The van der Waals surface area contributed by atoms with E-state index in [9.17, 15) is 4.79 Å². The second-order valence-corrected chi connectivity index (χ2v) is 12.1. The van der Waals surface area contributed by atoms with Crippen LogP contribution in [0.4, 0.5) is 20.2 Å². The van der Waals surface area contributed by atoms with Gasteiger partial charge in [0.25, 0.3) is 0 Å². The number of likely N-dealkylation sites (tertiary alicyclic amines) is 1. The number of para-hydroxylation sites is 1. The summed E-state index contributed by atoms with van der Waals surface area (Å²) in [5.74, 6) is -2.75. The third-order valence-corrected chi connectivity index (χ3v) is 9.03. The number of nitrogens with zero attached hydrogens (tertiary/aromatic N) is 4. The first-order chi connectivity index (χ1) is 20.5. The summed E-state index contributed by atoms with van der Waals surface area (Å²) in [7, 11) is 4.73. The van der Waals surface area contributed by atoms with E-state index in [0.717, 1.165) is 59.2 Å². The standard InChI is InChI=1S/C33H37F2N5O3/c1-19-9-7-8-10-24(19)38(4)22-11-12-39(18-22)17-21-13-23-27-20(15-36-31(23)37-21)16-40(32(41)33(27,2)3)30-28(34)25(42-5)14-26(43-6)29(30)35/h7-10,13-15,22H,11-12,16-18H2,1-6H3,(H,36,37)/t22-/m0/s1. The molecule has 1 atom stereocenters. The van der Waals surface area contributed by atoms with Gasteiger partial charge in [-0.25, -0.2) is 13.8 Å². The fraction of sp³-hybridized carbons (Fsp3) is 0.394. The van der Waals surface area contributed by atoms with E-state index >= 15 is 8.78 Å². The summed E-state index contributed by atoms with van der Waals surface area (Å²) in [6.45, 7) is 8.31. The Balaban J connectivity index is 1.29. The highest BCUT2D eigenvalue weighted by Crippen LogP contribution is 2.44. The van der Waals surface area contributed by atoms with Crippen LogP contribution in [0.5, 0.6) is 11.5 Å². The van der Waals surface area contributed by atoms with Gasteiger partial charge in [-0.05, 0) is 56.0 Å². The van der Waals surface area contributed by atoms with Gasteiger partial charge in [-0.15, -0.1) is 0 Å². The number of hydrogen-bond donors (Lipinski definition) is 1. The summed E-state index contributed by atoms with van der Waals surface area (Å²) in [5, 5.41) is 0.849. The number of aryl methyl sites for hydroxylation is 1. The van der Waals surface area contributed by atoms with Gasteiger partial charge in [-0.3, -0.25) is 9.69 Å². The minimum atomic E-state index is -1.08. The topological polar surface area (TPSA) is 73.9 Å². The van der Waals surface area contributed by atoms with Gasteiger partial charge >= 0.3 is 0 Å². The molecule has 4 heterocycles. The van der Waals surface area contributed by atoms with Crippen LogP contribution in [-0.2, 0) is 23.3 Å². The van der Waals surface area contributed by atoms with Crippen LogP contribution in [0.3, 0.4) is 0 Å². The Morgan fingerprint density at radius 1 is 1.12 bits per heavy atom. The predicted octanol–water partition coefficient (Wildman–Crippen LogP) is 5.70. The van der Waals surface area contributed by atoms with Gasteiger partial charge in [-0.2, -0.15) is 0 Å². The van der Waals surface area contributed by atoms with E-state index in [0.29, 0.717) is 11.7 Å². The minimum absolute atomic E-state index is 0.0374. The van der Waals surface area contributed by atoms with Crippen molar-refractivity contribution in [2.45, 2.75) is 51.7 Å². The van der Waals surface area contributed by atoms with Crippen molar-refractivity contribution in [2.24, 2.45) is 0 Å². The quantitative estimate of drug-likeness (QED) is 0.298. The molecule has 0 unspecified atom stereocenters. The molecule has 43 heavy (non-hydrogen) atoms. The van der Waals surface area contributed by atoms with Crippen LogP contribution in [0.25, 0.3) is 11.0 Å². The molecule has 1 N–H and O–H groups in total. The number of aromatic nitrogens is 2. The number of aromatic amines is 1. The first-order valence-corrected chi connectivity index (χ1v) is 14.5. The number of benzene rings is 2. The van der Waals surface area contributed by atoms with E-state index in [4.69, 9.17) is 9.47 Å². The number of halogens is 2. The normalized spacial score (nSPS) is 18.3. The second-order valence-electron chi connectivity index (χ2n) is 12.1. The van der Waals surface area contributed by atoms with E-state index in [1.807, 2.05) is 0 Å². The Morgan fingerprint density at radius 2 is 1.81 bits per heavy atom. The van der Waals surface area contributed by atoms with Gasteiger partial charge < -0.3 is 24.3 Å². The van der Waals surface area contributed by atoms with Crippen molar-refractivity contribution in [3.05, 3.63) is 76.6 Å². The molecular formula is C33H37F2N5O3. The molecule has 1 amide bonds. The van der Waals surface area contributed by atoms with Crippen molar-refractivity contribution in [2.75, 3.05) is 44.2 Å². The van der Waals surface area contributed by atoms with E-state index in [2.05, 4.69) is 64.1 Å². The Labute approximate surface area is 250 Å². The molecular weight excluding hydrogens is 552 g/mol. The SMILES string of the molecule is COc1cc(OC)c(F)c(N2Cc3cnc4[nH]c(CN5CC[C@H](N(C)c6ccccc6C)C5)cc4c3C(C)(C)C2=O)c1F. The molecule has 6 rings (SSSR count). The number of ether oxygens (including phenoxy) is 2. The molecule has 0 spiro atoms. The molecule has 0 aliphatic carbocycles. The van der Waals surface area contributed by atoms with E-state index in [1.54, 1.807) is 20.0 Å². The maximum atomic E-state index is 15.4. The number of carbonyl (C=O) groups is 1. The van der Waals surface area contributed by atoms with Crippen LogP contribution in [0, 0.1) is 18.6 Å². The fourth-order valence-corrected chi connectivity index (χ4v) is 6.76. The lowest BCUT2D eigenvalue weighted by molar-refractivity contribution is -0.123. The number of H-pyrrole nitrogens is 1. The Kier molecular flexibility index (Phi) is 7.28. The lowest BCUT2D eigenvalue weighted by Gasteiger charge is -2.39. The minimum Gasteiger partial charge on any atom is -0.493 e. The van der Waals surface area contributed by atoms with Crippen molar-refractivity contribution >= 4 is 28.3 Å². The molecule has 8 nitrogen and oxygen atoms in total. The van der Waals surface area contributed by atoms with Gasteiger partial charge in [-0.1, -0.05) is 18.2 Å². The van der Waals surface area contributed by atoms with Crippen molar-refractivity contribution in [3.63, 3.8) is 0 Å². The summed E-state index contributed by atoms with van der Waals surface area (Å²) in [6, 6.07) is 12.1. The zero-order valence-electron chi connectivity index (χ0n) is 25.4. The zero-order valence-corrected chi connectivity index (χ0v) is 25.4. The Hall–Kier alpha value is -4.18.